The van der Waals surface area contributed by atoms with Crippen molar-refractivity contribution in [1.82, 2.24) is 0 Å². The van der Waals surface area contributed by atoms with Crippen molar-refractivity contribution in [2.75, 3.05) is 0 Å². The zero-order valence-electron chi connectivity index (χ0n) is 11.6. The molecule has 0 aliphatic carbocycles. The lowest BCUT2D eigenvalue weighted by molar-refractivity contribution is 0.356. The predicted octanol–water partition coefficient (Wildman–Crippen LogP) is 5.98. The monoisotopic (exact) mass is 212 g/mol. The van der Waals surface area contributed by atoms with Crippen LogP contribution in [0.4, 0.5) is 0 Å². The van der Waals surface area contributed by atoms with Crippen molar-refractivity contribution in [3.05, 3.63) is 13.2 Å². The third-order valence-electron chi connectivity index (χ3n) is 2.53. The van der Waals surface area contributed by atoms with E-state index in [1.165, 1.54) is 51.4 Å². The summed E-state index contributed by atoms with van der Waals surface area (Å²) in [5, 5.41) is 0. The molecular formula is C15H32. The van der Waals surface area contributed by atoms with Crippen molar-refractivity contribution < 1.29 is 0 Å². The van der Waals surface area contributed by atoms with Crippen molar-refractivity contribution in [1.29, 1.82) is 0 Å². The highest BCUT2D eigenvalue weighted by Crippen LogP contribution is 2.22. The molecule has 0 aliphatic heterocycles. The second kappa shape index (κ2) is 11.8. The van der Waals surface area contributed by atoms with E-state index in [1.54, 1.807) is 0 Å². The first kappa shape index (κ1) is 17.1. The maximum Gasteiger partial charge on any atom is -0.0383 e. The van der Waals surface area contributed by atoms with Gasteiger partial charge in [-0.25, -0.2) is 0 Å². The van der Waals surface area contributed by atoms with E-state index in [1.807, 2.05) is 0 Å². The topological polar surface area (TPSA) is 0 Å². The van der Waals surface area contributed by atoms with Crippen LogP contribution in [0.1, 0.15) is 79.1 Å². The Kier molecular flexibility index (Phi) is 13.5. The molecule has 0 amide bonds. The number of hydrogen-bond acceptors (Lipinski definition) is 0. The quantitative estimate of drug-likeness (QED) is 0.360. The zero-order chi connectivity index (χ0) is 12.2. The Bertz CT molecular complexity index is 108. The molecule has 0 fully saturated rings. The molecule has 0 aromatic heterocycles. The van der Waals surface area contributed by atoms with Crippen LogP contribution in [0.15, 0.2) is 13.2 Å². The third kappa shape index (κ3) is 20.0. The van der Waals surface area contributed by atoms with E-state index in [-0.39, 0.29) is 0 Å². The van der Waals surface area contributed by atoms with Gasteiger partial charge in [0.25, 0.3) is 0 Å². The molecule has 0 unspecified atom stereocenters. The lowest BCUT2D eigenvalue weighted by Gasteiger charge is -2.17. The molecule has 0 aromatic rings. The highest BCUT2D eigenvalue weighted by molar-refractivity contribution is 4.60. The molecule has 15 heavy (non-hydrogen) atoms. The fourth-order valence-electron chi connectivity index (χ4n) is 1.61. The molecule has 0 spiro atoms. The van der Waals surface area contributed by atoms with Gasteiger partial charge in [0.2, 0.25) is 0 Å². The Labute approximate surface area is 98.2 Å². The van der Waals surface area contributed by atoms with Gasteiger partial charge < -0.3 is 0 Å². The van der Waals surface area contributed by atoms with E-state index in [2.05, 4.69) is 40.9 Å². The van der Waals surface area contributed by atoms with E-state index in [9.17, 15) is 0 Å². The molecule has 0 radical (unpaired) electrons. The first-order valence-electron chi connectivity index (χ1n) is 6.56. The second-order valence-electron chi connectivity index (χ2n) is 5.43. The van der Waals surface area contributed by atoms with E-state index in [4.69, 9.17) is 0 Å². The lowest BCUT2D eigenvalue weighted by atomic mass is 9.89. The average molecular weight is 212 g/mol. The standard InChI is InChI=1S/C13H28.C2H4/c1-5-6-7-8-9-10-11-12-13(2,3)4;1-2/h5-12H2,1-4H3;1-2H2. The van der Waals surface area contributed by atoms with Crippen LogP contribution >= 0.6 is 0 Å². The second-order valence-corrected chi connectivity index (χ2v) is 5.43. The Morgan fingerprint density at radius 2 is 1.13 bits per heavy atom. The molecule has 0 N–H and O–H groups in total. The number of rotatable bonds is 7. The summed E-state index contributed by atoms with van der Waals surface area (Å²) in [6, 6.07) is 0. The smallest absolute Gasteiger partial charge is 0.0383 e. The molecule has 0 rings (SSSR count). The largest absolute Gasteiger partial charge is 0.106 e. The molecule has 0 aliphatic rings. The summed E-state index contributed by atoms with van der Waals surface area (Å²) in [5.41, 5.74) is 0.545. The van der Waals surface area contributed by atoms with Gasteiger partial charge in [0.1, 0.15) is 0 Å². The minimum absolute atomic E-state index is 0.545. The van der Waals surface area contributed by atoms with Crippen LogP contribution < -0.4 is 0 Å². The zero-order valence-corrected chi connectivity index (χ0v) is 11.6. The third-order valence-corrected chi connectivity index (χ3v) is 2.53. The normalized spacial score (nSPS) is 10.7. The fraction of sp³-hybridized carbons (Fsp3) is 0.867. The molecule has 92 valence electrons. The maximum atomic E-state index is 3.00. The Balaban J connectivity index is 0. The van der Waals surface area contributed by atoms with Gasteiger partial charge in [-0.3, -0.25) is 0 Å². The fourth-order valence-corrected chi connectivity index (χ4v) is 1.61. The number of hydrogen-bond donors (Lipinski definition) is 0. The summed E-state index contributed by atoms with van der Waals surface area (Å²) < 4.78 is 0. The van der Waals surface area contributed by atoms with Crippen molar-refractivity contribution in [2.24, 2.45) is 5.41 Å². The summed E-state index contributed by atoms with van der Waals surface area (Å²) >= 11 is 0. The molecule has 0 saturated heterocycles. The molecular weight excluding hydrogens is 180 g/mol. The first-order valence-corrected chi connectivity index (χ1v) is 6.56. The van der Waals surface area contributed by atoms with Crippen LogP contribution in [0.2, 0.25) is 0 Å². The van der Waals surface area contributed by atoms with E-state index >= 15 is 0 Å². The summed E-state index contributed by atoms with van der Waals surface area (Å²) in [6.45, 7) is 15.3. The SMILES string of the molecule is C=C.CCCCCCCCCC(C)(C)C. The molecule has 0 aromatic carbocycles. The molecule has 0 saturated carbocycles. The van der Waals surface area contributed by atoms with Crippen LogP contribution in [0, 0.1) is 5.41 Å². The summed E-state index contributed by atoms with van der Waals surface area (Å²) in [6.07, 6.45) is 11.4. The predicted molar refractivity (Wildman–Crippen MR) is 73.3 cm³/mol. The molecule has 0 atom stereocenters. The van der Waals surface area contributed by atoms with Gasteiger partial charge in [-0.1, -0.05) is 72.6 Å². The van der Waals surface area contributed by atoms with E-state index < -0.39 is 0 Å². The van der Waals surface area contributed by atoms with Crippen LogP contribution in [-0.2, 0) is 0 Å². The Morgan fingerprint density at radius 3 is 1.53 bits per heavy atom. The van der Waals surface area contributed by atoms with Gasteiger partial charge in [0.15, 0.2) is 0 Å². The summed E-state index contributed by atoms with van der Waals surface area (Å²) in [7, 11) is 0. The van der Waals surface area contributed by atoms with Crippen LogP contribution in [-0.4, -0.2) is 0 Å². The van der Waals surface area contributed by atoms with Gasteiger partial charge in [0.05, 0.1) is 0 Å². The average Bonchev–Trinajstić information content (AvgIpc) is 2.18. The van der Waals surface area contributed by atoms with Gasteiger partial charge in [-0.2, -0.15) is 0 Å². The number of unbranched alkanes of at least 4 members (excludes halogenated alkanes) is 6. The Morgan fingerprint density at radius 1 is 0.733 bits per heavy atom. The Hall–Kier alpha value is -0.260. The van der Waals surface area contributed by atoms with Crippen LogP contribution in [0.3, 0.4) is 0 Å². The van der Waals surface area contributed by atoms with Gasteiger partial charge in [-0.15, -0.1) is 13.2 Å². The van der Waals surface area contributed by atoms with Crippen LogP contribution in [0.5, 0.6) is 0 Å². The molecule has 0 heteroatoms. The van der Waals surface area contributed by atoms with Gasteiger partial charge >= 0.3 is 0 Å². The highest BCUT2D eigenvalue weighted by Gasteiger charge is 2.08. The molecule has 0 heterocycles. The van der Waals surface area contributed by atoms with Gasteiger partial charge in [-0.05, 0) is 11.8 Å². The van der Waals surface area contributed by atoms with Gasteiger partial charge in [0, 0.05) is 0 Å². The van der Waals surface area contributed by atoms with Crippen molar-refractivity contribution >= 4 is 0 Å². The van der Waals surface area contributed by atoms with Crippen molar-refractivity contribution in [3.63, 3.8) is 0 Å². The van der Waals surface area contributed by atoms with Crippen molar-refractivity contribution in [2.45, 2.75) is 79.1 Å². The van der Waals surface area contributed by atoms with Crippen molar-refractivity contribution in [3.8, 4) is 0 Å². The molecule has 0 bridgehead atoms. The van der Waals surface area contributed by atoms with Crippen LogP contribution in [0.25, 0.3) is 0 Å². The summed E-state index contributed by atoms with van der Waals surface area (Å²) in [5.74, 6) is 0. The minimum Gasteiger partial charge on any atom is -0.106 e. The van der Waals surface area contributed by atoms with E-state index in [0.717, 1.165) is 0 Å². The highest BCUT2D eigenvalue weighted by atomic mass is 14.1. The summed E-state index contributed by atoms with van der Waals surface area (Å²) in [4.78, 5) is 0. The lowest BCUT2D eigenvalue weighted by Crippen LogP contribution is -2.03. The first-order chi connectivity index (χ1) is 7.06. The molecule has 0 nitrogen and oxygen atoms in total. The maximum absolute atomic E-state index is 3.00. The van der Waals surface area contributed by atoms with E-state index in [0.29, 0.717) is 5.41 Å². The minimum atomic E-state index is 0.545.